The van der Waals surface area contributed by atoms with Crippen LogP contribution < -0.4 is 0 Å². The summed E-state index contributed by atoms with van der Waals surface area (Å²) in [5.41, 5.74) is 0. The fraction of sp³-hybridized carbons (Fsp3) is 0. The summed E-state index contributed by atoms with van der Waals surface area (Å²) in [6.45, 7) is 0. The van der Waals surface area contributed by atoms with E-state index in [-0.39, 0.29) is 0 Å². The van der Waals surface area contributed by atoms with E-state index in [2.05, 4.69) is 0 Å². The molecular weight excluding hydrogens is 101 g/mol. The van der Waals surface area contributed by atoms with Gasteiger partial charge in [0.15, 0.2) is 5.94 Å². The number of carbonyl (C=O) groups excluding carboxylic acids is 1. The van der Waals surface area contributed by atoms with Gasteiger partial charge in [0.25, 0.3) is 0 Å². The molecular formula is C3ClNO. The Bertz CT molecular complexity index is 128. The van der Waals surface area contributed by atoms with Crippen LogP contribution in [-0.2, 0) is 4.79 Å². The van der Waals surface area contributed by atoms with E-state index >= 15 is 0 Å². The second-order valence-corrected chi connectivity index (χ2v) is 0.906. The van der Waals surface area contributed by atoms with Gasteiger partial charge in [-0.2, -0.15) is 5.26 Å². The molecule has 6 heavy (non-hydrogen) atoms. The van der Waals surface area contributed by atoms with Crippen molar-refractivity contribution in [1.82, 2.24) is 0 Å². The predicted molar refractivity (Wildman–Crippen MR) is 20.7 cm³/mol. The Labute approximate surface area is 39.6 Å². The van der Waals surface area contributed by atoms with E-state index in [1.165, 1.54) is 12.0 Å². The normalized spacial score (nSPS) is 5.33. The number of hydrogen-bond acceptors (Lipinski definition) is 2. The van der Waals surface area contributed by atoms with Crippen molar-refractivity contribution in [3.8, 4) is 6.07 Å². The average Bonchev–Trinajstić information content (AvgIpc) is 1.65. The monoisotopic (exact) mass is 101 g/mol. The summed E-state index contributed by atoms with van der Waals surface area (Å²) in [7, 11) is 0. The summed E-state index contributed by atoms with van der Waals surface area (Å²) < 4.78 is 0. The third-order valence-corrected chi connectivity index (χ3v) is 0.349. The highest BCUT2D eigenvalue weighted by Crippen LogP contribution is 1.87. The zero-order valence-corrected chi connectivity index (χ0v) is 3.49. The first kappa shape index (κ1) is 5.23. The molecule has 3 heteroatoms. The lowest BCUT2D eigenvalue weighted by atomic mass is 10.7. The molecule has 0 atom stereocenters. The number of halogens is 1. The van der Waals surface area contributed by atoms with Crippen molar-refractivity contribution in [2.45, 2.75) is 0 Å². The fourth-order valence-corrected chi connectivity index (χ4v) is 0.0228. The minimum Gasteiger partial charge on any atom is -0.231 e. The van der Waals surface area contributed by atoms with Crippen molar-refractivity contribution >= 4 is 17.5 Å². The Morgan fingerprint density at radius 2 is 2.33 bits per heavy atom. The van der Waals surface area contributed by atoms with E-state index in [0.717, 1.165) is 0 Å². The number of rotatable bonds is 0. The lowest BCUT2D eigenvalue weighted by Crippen LogP contribution is -1.56. The third-order valence-electron chi connectivity index (χ3n) is 0.188. The summed E-state index contributed by atoms with van der Waals surface area (Å²) in [5.74, 6) is 1.19. The van der Waals surface area contributed by atoms with E-state index in [1.54, 1.807) is 0 Å². The molecule has 0 aromatic rings. The molecule has 0 spiro atoms. The van der Waals surface area contributed by atoms with Gasteiger partial charge >= 0.3 is 0 Å². The van der Waals surface area contributed by atoms with Crippen LogP contribution in [0.2, 0.25) is 0 Å². The van der Waals surface area contributed by atoms with Crippen LogP contribution in [0.25, 0.3) is 0 Å². The van der Waals surface area contributed by atoms with E-state index in [4.69, 9.17) is 16.9 Å². The highest BCUT2D eigenvalue weighted by Gasteiger charge is 1.78. The van der Waals surface area contributed by atoms with Crippen molar-refractivity contribution in [1.29, 1.82) is 5.26 Å². The molecule has 0 rings (SSSR count). The molecule has 30 valence electrons. The molecule has 0 unspecified atom stereocenters. The van der Waals surface area contributed by atoms with Crippen molar-refractivity contribution in [2.24, 2.45) is 0 Å². The van der Waals surface area contributed by atoms with Crippen molar-refractivity contribution in [3.63, 3.8) is 0 Å². The largest absolute Gasteiger partial charge is 0.231 e. The fourth-order valence-electron chi connectivity index (χ4n) is 0.0228. The van der Waals surface area contributed by atoms with Crippen LogP contribution in [-0.4, -0.2) is 5.94 Å². The van der Waals surface area contributed by atoms with Crippen molar-refractivity contribution in [3.05, 3.63) is 5.03 Å². The molecule has 0 aromatic carbocycles. The molecule has 0 fully saturated rings. The standard InChI is InChI=1S/C3ClNO/c4-3(1-5)2-6. The van der Waals surface area contributed by atoms with E-state index < -0.39 is 5.03 Å². The van der Waals surface area contributed by atoms with Crippen LogP contribution in [0.5, 0.6) is 0 Å². The SMILES string of the molecule is N#CC(Cl)=C=O. The van der Waals surface area contributed by atoms with E-state index in [1.807, 2.05) is 0 Å². The first-order chi connectivity index (χ1) is 2.81. The summed E-state index contributed by atoms with van der Waals surface area (Å²) in [6, 6.07) is 1.37. The van der Waals surface area contributed by atoms with Gasteiger partial charge in [-0.3, -0.25) is 0 Å². The van der Waals surface area contributed by atoms with E-state index in [0.29, 0.717) is 0 Å². The molecule has 0 aliphatic heterocycles. The van der Waals surface area contributed by atoms with Crippen LogP contribution in [0.15, 0.2) is 5.03 Å². The molecule has 0 N–H and O–H groups in total. The molecule has 0 saturated carbocycles. The second kappa shape index (κ2) is 2.47. The topological polar surface area (TPSA) is 40.9 Å². The molecule has 0 bridgehead atoms. The minimum absolute atomic E-state index is 0.435. The Balaban J connectivity index is 3.99. The summed E-state index contributed by atoms with van der Waals surface area (Å²) >= 11 is 4.78. The Morgan fingerprint density at radius 1 is 1.83 bits per heavy atom. The molecule has 2 nitrogen and oxygen atoms in total. The zero-order valence-electron chi connectivity index (χ0n) is 2.73. The van der Waals surface area contributed by atoms with Crippen LogP contribution in [0.3, 0.4) is 0 Å². The van der Waals surface area contributed by atoms with Crippen LogP contribution in [0.1, 0.15) is 0 Å². The highest BCUT2D eigenvalue weighted by atomic mass is 35.5. The van der Waals surface area contributed by atoms with Crippen LogP contribution in [0, 0.1) is 11.3 Å². The van der Waals surface area contributed by atoms with Gasteiger partial charge in [-0.05, 0) is 0 Å². The molecule has 0 aromatic heterocycles. The van der Waals surface area contributed by atoms with Gasteiger partial charge < -0.3 is 0 Å². The van der Waals surface area contributed by atoms with Gasteiger partial charge in [-0.25, -0.2) is 4.79 Å². The quantitative estimate of drug-likeness (QED) is 0.329. The van der Waals surface area contributed by atoms with Gasteiger partial charge in [0, 0.05) is 0 Å². The molecule has 0 aliphatic carbocycles. The molecule has 0 heterocycles. The maximum absolute atomic E-state index is 9.22. The Kier molecular flexibility index (Phi) is 2.15. The third kappa shape index (κ3) is 1.54. The second-order valence-electron chi connectivity index (χ2n) is 0.528. The Hall–Kier alpha value is -0.770. The first-order valence-corrected chi connectivity index (χ1v) is 1.49. The number of nitriles is 1. The maximum atomic E-state index is 9.22. The lowest BCUT2D eigenvalue weighted by Gasteiger charge is -1.55. The highest BCUT2D eigenvalue weighted by molar-refractivity contribution is 6.35. The summed E-state index contributed by atoms with van der Waals surface area (Å²) in [6.07, 6.45) is 0. The van der Waals surface area contributed by atoms with Gasteiger partial charge in [-0.15, -0.1) is 0 Å². The number of nitrogens with zero attached hydrogens (tertiary/aromatic N) is 1. The van der Waals surface area contributed by atoms with Gasteiger partial charge in [0.1, 0.15) is 6.07 Å². The van der Waals surface area contributed by atoms with E-state index in [9.17, 15) is 4.79 Å². The lowest BCUT2D eigenvalue weighted by molar-refractivity contribution is 0.568. The zero-order chi connectivity index (χ0) is 4.99. The van der Waals surface area contributed by atoms with Gasteiger partial charge in [0.05, 0.1) is 0 Å². The summed E-state index contributed by atoms with van der Waals surface area (Å²) in [5, 5.41) is 7.22. The average molecular weight is 101 g/mol. The number of hydrogen-bond donors (Lipinski definition) is 0. The molecule has 0 radical (unpaired) electrons. The van der Waals surface area contributed by atoms with Gasteiger partial charge in [0.2, 0.25) is 5.03 Å². The maximum Gasteiger partial charge on any atom is 0.201 e. The summed E-state index contributed by atoms with van der Waals surface area (Å²) in [4.78, 5) is 9.22. The van der Waals surface area contributed by atoms with Crippen molar-refractivity contribution in [2.75, 3.05) is 0 Å². The van der Waals surface area contributed by atoms with Crippen LogP contribution >= 0.6 is 11.6 Å². The minimum atomic E-state index is -0.435. The van der Waals surface area contributed by atoms with Crippen molar-refractivity contribution < 1.29 is 4.79 Å². The first-order valence-electron chi connectivity index (χ1n) is 1.12. The van der Waals surface area contributed by atoms with Gasteiger partial charge in [-0.1, -0.05) is 11.6 Å². The molecule has 0 aliphatic rings. The number of allylic oxidation sites excluding steroid dienone is 1. The molecule has 0 amide bonds. The Morgan fingerprint density at radius 3 is 2.33 bits per heavy atom. The smallest absolute Gasteiger partial charge is 0.201 e. The predicted octanol–water partition coefficient (Wildman–Crippen LogP) is 0.464. The molecule has 0 saturated heterocycles. The van der Waals surface area contributed by atoms with Crippen LogP contribution in [0.4, 0.5) is 0 Å².